The minimum atomic E-state index is -0.186. The Labute approximate surface area is 117 Å². The highest BCUT2D eigenvalue weighted by molar-refractivity contribution is 5.96. The number of pyridine rings is 1. The SMILES string of the molecule is CCn1c(C(=O)N(C)C)cc2cc(OC)ccc2c1=O. The van der Waals surface area contributed by atoms with E-state index in [2.05, 4.69) is 0 Å². The maximum Gasteiger partial charge on any atom is 0.270 e. The Morgan fingerprint density at radius 1 is 1.30 bits per heavy atom. The number of carbonyl (C=O) groups excluding carboxylic acids is 1. The molecule has 1 heterocycles. The third kappa shape index (κ3) is 2.27. The van der Waals surface area contributed by atoms with E-state index < -0.39 is 0 Å². The fourth-order valence-electron chi connectivity index (χ4n) is 2.18. The van der Waals surface area contributed by atoms with Crippen LogP contribution in [0.1, 0.15) is 17.4 Å². The fourth-order valence-corrected chi connectivity index (χ4v) is 2.18. The maximum absolute atomic E-state index is 12.5. The van der Waals surface area contributed by atoms with E-state index in [1.165, 1.54) is 9.47 Å². The maximum atomic E-state index is 12.5. The number of carbonyl (C=O) groups is 1. The molecule has 0 unspecified atom stereocenters. The van der Waals surface area contributed by atoms with Crippen LogP contribution < -0.4 is 10.3 Å². The number of methoxy groups -OCH3 is 1. The predicted octanol–water partition coefficient (Wildman–Crippen LogP) is 1.73. The first kappa shape index (κ1) is 14.1. The van der Waals surface area contributed by atoms with Crippen molar-refractivity contribution in [2.45, 2.75) is 13.5 Å². The van der Waals surface area contributed by atoms with Gasteiger partial charge in [0.1, 0.15) is 11.4 Å². The van der Waals surface area contributed by atoms with Crippen LogP contribution in [0, 0.1) is 0 Å². The summed E-state index contributed by atoms with van der Waals surface area (Å²) >= 11 is 0. The molecule has 5 heteroatoms. The molecule has 106 valence electrons. The molecule has 0 aliphatic heterocycles. The van der Waals surface area contributed by atoms with Crippen LogP contribution in [-0.4, -0.2) is 36.6 Å². The van der Waals surface area contributed by atoms with Crippen molar-refractivity contribution in [3.63, 3.8) is 0 Å². The number of aromatic nitrogens is 1. The molecule has 0 aliphatic carbocycles. The van der Waals surface area contributed by atoms with Crippen LogP contribution in [-0.2, 0) is 6.54 Å². The predicted molar refractivity (Wildman–Crippen MR) is 78.5 cm³/mol. The van der Waals surface area contributed by atoms with E-state index in [1.807, 2.05) is 6.92 Å². The zero-order chi connectivity index (χ0) is 14.9. The number of nitrogens with zero attached hydrogens (tertiary/aromatic N) is 2. The van der Waals surface area contributed by atoms with Crippen LogP contribution in [0.4, 0.5) is 0 Å². The molecule has 0 bridgehead atoms. The summed E-state index contributed by atoms with van der Waals surface area (Å²) in [6.45, 7) is 2.30. The van der Waals surface area contributed by atoms with Gasteiger partial charge in [0.2, 0.25) is 0 Å². The molecule has 0 saturated heterocycles. The lowest BCUT2D eigenvalue weighted by Gasteiger charge is -2.16. The first-order chi connectivity index (χ1) is 9.49. The van der Waals surface area contributed by atoms with Crippen molar-refractivity contribution in [2.24, 2.45) is 0 Å². The summed E-state index contributed by atoms with van der Waals surface area (Å²) in [5.74, 6) is 0.475. The second kappa shape index (κ2) is 5.36. The lowest BCUT2D eigenvalue weighted by molar-refractivity contribution is 0.0816. The number of rotatable bonds is 3. The molecule has 0 N–H and O–H groups in total. The lowest BCUT2D eigenvalue weighted by Crippen LogP contribution is -2.31. The van der Waals surface area contributed by atoms with E-state index in [9.17, 15) is 9.59 Å². The second-order valence-corrected chi connectivity index (χ2v) is 4.73. The van der Waals surface area contributed by atoms with Crippen LogP contribution in [0.5, 0.6) is 5.75 Å². The Hall–Kier alpha value is -2.30. The van der Waals surface area contributed by atoms with Gasteiger partial charge in [-0.15, -0.1) is 0 Å². The van der Waals surface area contributed by atoms with Gasteiger partial charge < -0.3 is 14.2 Å². The van der Waals surface area contributed by atoms with Gasteiger partial charge in [-0.05, 0) is 36.6 Å². The monoisotopic (exact) mass is 274 g/mol. The molecule has 5 nitrogen and oxygen atoms in total. The van der Waals surface area contributed by atoms with Crippen molar-refractivity contribution >= 4 is 16.7 Å². The minimum Gasteiger partial charge on any atom is -0.497 e. The number of fused-ring (bicyclic) bond motifs is 1. The third-order valence-corrected chi connectivity index (χ3v) is 3.26. The van der Waals surface area contributed by atoms with E-state index >= 15 is 0 Å². The van der Waals surface area contributed by atoms with Gasteiger partial charge in [0.25, 0.3) is 11.5 Å². The normalized spacial score (nSPS) is 10.6. The van der Waals surface area contributed by atoms with Crippen molar-refractivity contribution in [1.82, 2.24) is 9.47 Å². The molecule has 0 fully saturated rings. The van der Waals surface area contributed by atoms with Crippen molar-refractivity contribution < 1.29 is 9.53 Å². The molecule has 1 amide bonds. The Kier molecular flexibility index (Phi) is 3.79. The van der Waals surface area contributed by atoms with Crippen molar-refractivity contribution in [3.05, 3.63) is 40.3 Å². The van der Waals surface area contributed by atoms with Gasteiger partial charge in [-0.2, -0.15) is 0 Å². The molecule has 2 aromatic rings. The summed E-state index contributed by atoms with van der Waals surface area (Å²) in [4.78, 5) is 26.1. The van der Waals surface area contributed by atoms with Gasteiger partial charge in [-0.1, -0.05) is 0 Å². The van der Waals surface area contributed by atoms with Crippen LogP contribution in [0.3, 0.4) is 0 Å². The Bertz CT molecular complexity index is 717. The van der Waals surface area contributed by atoms with Crippen molar-refractivity contribution in [1.29, 1.82) is 0 Å². The highest BCUT2D eigenvalue weighted by Crippen LogP contribution is 2.20. The third-order valence-electron chi connectivity index (χ3n) is 3.26. The second-order valence-electron chi connectivity index (χ2n) is 4.73. The summed E-state index contributed by atoms with van der Waals surface area (Å²) in [7, 11) is 4.91. The van der Waals surface area contributed by atoms with E-state index in [0.717, 1.165) is 0 Å². The lowest BCUT2D eigenvalue weighted by atomic mass is 10.1. The van der Waals surface area contributed by atoms with Gasteiger partial charge in [0, 0.05) is 26.0 Å². The Morgan fingerprint density at radius 2 is 2.00 bits per heavy atom. The molecule has 0 saturated carbocycles. The summed E-state index contributed by atoms with van der Waals surface area (Å²) in [6.07, 6.45) is 0. The molecule has 1 aromatic carbocycles. The number of hydrogen-bond donors (Lipinski definition) is 0. The standard InChI is InChI=1S/C15H18N2O3/c1-5-17-13(15(19)16(2)3)9-10-8-11(20-4)6-7-12(10)14(17)18/h6-9H,5H2,1-4H3. The molecule has 0 spiro atoms. The zero-order valence-electron chi connectivity index (χ0n) is 12.1. The van der Waals surface area contributed by atoms with Crippen LogP contribution in [0.2, 0.25) is 0 Å². The zero-order valence-corrected chi connectivity index (χ0v) is 12.1. The topological polar surface area (TPSA) is 51.5 Å². The van der Waals surface area contributed by atoms with Gasteiger partial charge in [-0.3, -0.25) is 9.59 Å². The Morgan fingerprint density at radius 3 is 2.55 bits per heavy atom. The molecular formula is C15H18N2O3. The molecule has 20 heavy (non-hydrogen) atoms. The number of ether oxygens (including phenoxy) is 1. The molecule has 0 atom stereocenters. The first-order valence-electron chi connectivity index (χ1n) is 6.42. The minimum absolute atomic E-state index is 0.155. The summed E-state index contributed by atoms with van der Waals surface area (Å²) in [5, 5.41) is 1.30. The van der Waals surface area contributed by atoms with E-state index in [0.29, 0.717) is 28.8 Å². The summed E-state index contributed by atoms with van der Waals surface area (Å²) in [5.41, 5.74) is 0.237. The molecule has 1 aromatic heterocycles. The Balaban J connectivity index is 2.80. The molecular weight excluding hydrogens is 256 g/mol. The molecule has 2 rings (SSSR count). The largest absolute Gasteiger partial charge is 0.497 e. The number of amides is 1. The first-order valence-corrected chi connectivity index (χ1v) is 6.42. The molecule has 0 aliphatic rings. The van der Waals surface area contributed by atoms with Gasteiger partial charge in [0.05, 0.1) is 7.11 Å². The number of hydrogen-bond acceptors (Lipinski definition) is 3. The fraction of sp³-hybridized carbons (Fsp3) is 0.333. The van der Waals surface area contributed by atoms with E-state index in [-0.39, 0.29) is 11.5 Å². The smallest absolute Gasteiger partial charge is 0.270 e. The van der Waals surface area contributed by atoms with Crippen LogP contribution in [0.15, 0.2) is 29.1 Å². The van der Waals surface area contributed by atoms with E-state index in [4.69, 9.17) is 4.74 Å². The van der Waals surface area contributed by atoms with Crippen molar-refractivity contribution in [3.8, 4) is 5.75 Å². The van der Waals surface area contributed by atoms with Crippen molar-refractivity contribution in [2.75, 3.05) is 21.2 Å². The van der Waals surface area contributed by atoms with Crippen LogP contribution in [0.25, 0.3) is 10.8 Å². The van der Waals surface area contributed by atoms with E-state index in [1.54, 1.807) is 45.5 Å². The summed E-state index contributed by atoms with van der Waals surface area (Å²) in [6, 6.07) is 6.98. The van der Waals surface area contributed by atoms with Crippen LogP contribution >= 0.6 is 0 Å². The quantitative estimate of drug-likeness (QED) is 0.856. The average molecular weight is 274 g/mol. The summed E-state index contributed by atoms with van der Waals surface area (Å²) < 4.78 is 6.66. The van der Waals surface area contributed by atoms with Gasteiger partial charge in [-0.25, -0.2) is 0 Å². The highest BCUT2D eigenvalue weighted by atomic mass is 16.5. The molecule has 0 radical (unpaired) electrons. The number of benzene rings is 1. The van der Waals surface area contributed by atoms with Gasteiger partial charge in [0.15, 0.2) is 0 Å². The highest BCUT2D eigenvalue weighted by Gasteiger charge is 2.16. The van der Waals surface area contributed by atoms with Gasteiger partial charge >= 0.3 is 0 Å². The average Bonchev–Trinajstić information content (AvgIpc) is 2.45.